The molecule has 0 fully saturated rings. The van der Waals surface area contributed by atoms with E-state index in [0.29, 0.717) is 0 Å². The summed E-state index contributed by atoms with van der Waals surface area (Å²) in [6, 6.07) is 3.67. The molecule has 0 atom stereocenters. The van der Waals surface area contributed by atoms with Gasteiger partial charge in [0.1, 0.15) is 5.75 Å². The molecule has 0 saturated carbocycles. The maximum absolute atomic E-state index is 10.9. The maximum atomic E-state index is 10.9. The Bertz CT molecular complexity index is 703. The summed E-state index contributed by atoms with van der Waals surface area (Å²) >= 11 is 0. The highest BCUT2D eigenvalue weighted by Gasteiger charge is 2.19. The monoisotopic (exact) mass is 291 g/mol. The van der Waals surface area contributed by atoms with Gasteiger partial charge in [-0.25, -0.2) is 4.79 Å². The molecule has 2 rings (SSSR count). The highest BCUT2D eigenvalue weighted by atomic mass is 16.6. The van der Waals surface area contributed by atoms with Crippen molar-refractivity contribution in [2.75, 3.05) is 7.11 Å². The Labute approximate surface area is 117 Å². The van der Waals surface area contributed by atoms with Gasteiger partial charge >= 0.3 is 17.5 Å². The molecule has 9 nitrogen and oxygen atoms in total. The van der Waals surface area contributed by atoms with Crippen molar-refractivity contribution >= 4 is 11.7 Å². The number of methoxy groups -OCH3 is 1. The number of carboxylic acids is 1. The summed E-state index contributed by atoms with van der Waals surface area (Å²) in [5.74, 6) is -1.37. The number of carbonyl (C=O) groups is 1. The van der Waals surface area contributed by atoms with E-state index in [1.807, 2.05) is 0 Å². The van der Waals surface area contributed by atoms with E-state index >= 15 is 0 Å². The molecule has 2 heterocycles. The van der Waals surface area contributed by atoms with E-state index in [0.717, 1.165) is 6.20 Å². The molecule has 0 radical (unpaired) electrons. The van der Waals surface area contributed by atoms with Crippen molar-refractivity contribution in [1.29, 1.82) is 0 Å². The minimum atomic E-state index is -1.19. The Morgan fingerprint density at radius 1 is 1.38 bits per heavy atom. The summed E-state index contributed by atoms with van der Waals surface area (Å²) in [5.41, 5.74) is -0.491. The lowest BCUT2D eigenvalue weighted by Crippen LogP contribution is -2.00. The van der Waals surface area contributed by atoms with Crippen LogP contribution in [-0.4, -0.2) is 33.1 Å². The average Bonchev–Trinajstić information content (AvgIpc) is 2.47. The number of pyridine rings is 2. The van der Waals surface area contributed by atoms with Gasteiger partial charge < -0.3 is 14.6 Å². The summed E-state index contributed by atoms with van der Waals surface area (Å²) in [7, 11) is 1.35. The predicted molar refractivity (Wildman–Crippen MR) is 68.7 cm³/mol. The van der Waals surface area contributed by atoms with Crippen LogP contribution in [0.15, 0.2) is 30.6 Å². The molecule has 1 N–H and O–H groups in total. The highest BCUT2D eigenvalue weighted by molar-refractivity contribution is 5.87. The van der Waals surface area contributed by atoms with E-state index in [1.54, 1.807) is 0 Å². The first-order chi connectivity index (χ1) is 10.0. The molecule has 0 bridgehead atoms. The molecule has 0 aliphatic heterocycles. The van der Waals surface area contributed by atoms with E-state index in [9.17, 15) is 14.9 Å². The first-order valence-corrected chi connectivity index (χ1v) is 5.57. The standard InChI is InChI=1S/C12H9N3O6/c1-20-10-3-2-9(15(18)19)11(14-10)21-8-4-7(12(16)17)5-13-6-8/h2-6H,1H3,(H,16,17). The molecule has 0 aliphatic rings. The Kier molecular flexibility index (Phi) is 3.93. The number of nitrogens with zero attached hydrogens (tertiary/aromatic N) is 3. The number of carboxylic acid groups (broad SMARTS) is 1. The third-order valence-corrected chi connectivity index (χ3v) is 2.40. The fraction of sp³-hybridized carbons (Fsp3) is 0.0833. The van der Waals surface area contributed by atoms with Crippen LogP contribution in [0.3, 0.4) is 0 Å². The molecule has 0 aromatic carbocycles. The quantitative estimate of drug-likeness (QED) is 0.653. The minimum absolute atomic E-state index is 0.0127. The summed E-state index contributed by atoms with van der Waals surface area (Å²) in [6.07, 6.45) is 2.35. The van der Waals surface area contributed by atoms with Crippen LogP contribution in [0.25, 0.3) is 0 Å². The molecule has 108 valence electrons. The van der Waals surface area contributed by atoms with Gasteiger partial charge in [0.2, 0.25) is 5.88 Å². The minimum Gasteiger partial charge on any atom is -0.481 e. The van der Waals surface area contributed by atoms with E-state index in [-0.39, 0.29) is 28.8 Å². The molecule has 2 aromatic rings. The summed E-state index contributed by atoms with van der Waals surface area (Å²) < 4.78 is 10.1. The number of rotatable bonds is 5. The lowest BCUT2D eigenvalue weighted by atomic mass is 10.3. The van der Waals surface area contributed by atoms with Crippen LogP contribution in [0.2, 0.25) is 0 Å². The van der Waals surface area contributed by atoms with Gasteiger partial charge in [-0.2, -0.15) is 4.98 Å². The molecule has 0 amide bonds. The maximum Gasteiger partial charge on any atom is 0.337 e. The first-order valence-electron chi connectivity index (χ1n) is 5.57. The van der Waals surface area contributed by atoms with Crippen LogP contribution in [0.4, 0.5) is 5.69 Å². The molecule has 9 heteroatoms. The Morgan fingerprint density at radius 3 is 2.76 bits per heavy atom. The second-order valence-corrected chi connectivity index (χ2v) is 3.75. The van der Waals surface area contributed by atoms with Crippen molar-refractivity contribution in [2.24, 2.45) is 0 Å². The zero-order valence-electron chi connectivity index (χ0n) is 10.7. The first kappa shape index (κ1) is 14.2. The van der Waals surface area contributed by atoms with E-state index in [1.165, 1.54) is 31.5 Å². The number of nitro groups is 1. The molecule has 21 heavy (non-hydrogen) atoms. The smallest absolute Gasteiger partial charge is 0.337 e. The second kappa shape index (κ2) is 5.82. The van der Waals surface area contributed by atoms with Gasteiger partial charge in [-0.15, -0.1) is 0 Å². The van der Waals surface area contributed by atoms with E-state index in [2.05, 4.69) is 9.97 Å². The van der Waals surface area contributed by atoms with Crippen LogP contribution in [-0.2, 0) is 0 Å². The van der Waals surface area contributed by atoms with Crippen LogP contribution in [0.1, 0.15) is 10.4 Å². The summed E-state index contributed by atoms with van der Waals surface area (Å²) in [6.45, 7) is 0. The lowest BCUT2D eigenvalue weighted by molar-refractivity contribution is -0.386. The predicted octanol–water partition coefficient (Wildman–Crippen LogP) is 1.88. The van der Waals surface area contributed by atoms with Gasteiger partial charge in [0, 0.05) is 18.3 Å². The third kappa shape index (κ3) is 3.21. The van der Waals surface area contributed by atoms with E-state index in [4.69, 9.17) is 14.6 Å². The number of aromatic nitrogens is 2. The van der Waals surface area contributed by atoms with Crippen molar-refractivity contribution < 1.29 is 24.3 Å². The average molecular weight is 291 g/mol. The fourth-order valence-electron chi connectivity index (χ4n) is 1.45. The summed E-state index contributed by atoms with van der Waals surface area (Å²) in [4.78, 5) is 28.6. The molecule has 2 aromatic heterocycles. The molecule has 0 aliphatic carbocycles. The number of hydrogen-bond donors (Lipinski definition) is 1. The van der Waals surface area contributed by atoms with Crippen LogP contribution in [0, 0.1) is 10.1 Å². The SMILES string of the molecule is COc1ccc([N+](=O)[O-])c(Oc2cncc(C(=O)O)c2)n1. The normalized spacial score (nSPS) is 9.95. The largest absolute Gasteiger partial charge is 0.481 e. The fourth-order valence-corrected chi connectivity index (χ4v) is 1.45. The number of hydrogen-bond acceptors (Lipinski definition) is 7. The molecule has 0 unspecified atom stereocenters. The third-order valence-electron chi connectivity index (χ3n) is 2.40. The zero-order valence-corrected chi connectivity index (χ0v) is 10.7. The van der Waals surface area contributed by atoms with Crippen molar-refractivity contribution in [1.82, 2.24) is 9.97 Å². The Balaban J connectivity index is 2.40. The van der Waals surface area contributed by atoms with Crippen molar-refractivity contribution in [3.05, 3.63) is 46.3 Å². The van der Waals surface area contributed by atoms with Crippen molar-refractivity contribution in [2.45, 2.75) is 0 Å². The van der Waals surface area contributed by atoms with Gasteiger partial charge in [-0.1, -0.05) is 0 Å². The van der Waals surface area contributed by atoms with Crippen molar-refractivity contribution in [3.63, 3.8) is 0 Å². The molecule has 0 saturated heterocycles. The molecular weight excluding hydrogens is 282 g/mol. The van der Waals surface area contributed by atoms with Crippen molar-refractivity contribution in [3.8, 4) is 17.5 Å². The molecular formula is C12H9N3O6. The second-order valence-electron chi connectivity index (χ2n) is 3.75. The highest BCUT2D eigenvalue weighted by Crippen LogP contribution is 2.31. The van der Waals surface area contributed by atoms with Crippen LogP contribution in [0.5, 0.6) is 17.5 Å². The molecule has 0 spiro atoms. The topological polar surface area (TPSA) is 125 Å². The zero-order chi connectivity index (χ0) is 15.4. The Hall–Kier alpha value is -3.23. The van der Waals surface area contributed by atoms with E-state index < -0.39 is 10.9 Å². The van der Waals surface area contributed by atoms with Gasteiger partial charge in [-0.05, 0) is 6.07 Å². The van der Waals surface area contributed by atoms with Gasteiger partial charge in [0.25, 0.3) is 0 Å². The Morgan fingerprint density at radius 2 is 2.14 bits per heavy atom. The van der Waals surface area contributed by atoms with Gasteiger partial charge in [0.15, 0.2) is 0 Å². The number of aromatic carboxylic acids is 1. The van der Waals surface area contributed by atoms with Gasteiger partial charge in [-0.3, -0.25) is 15.1 Å². The van der Waals surface area contributed by atoms with Gasteiger partial charge in [0.05, 0.1) is 23.8 Å². The van der Waals surface area contributed by atoms with Crippen LogP contribution < -0.4 is 9.47 Å². The van der Waals surface area contributed by atoms with Crippen LogP contribution >= 0.6 is 0 Å². The summed E-state index contributed by atoms with van der Waals surface area (Å²) in [5, 5.41) is 19.8. The lowest BCUT2D eigenvalue weighted by Gasteiger charge is -2.07. The number of ether oxygens (including phenoxy) is 2.